The van der Waals surface area contributed by atoms with Crippen LogP contribution in [0.25, 0.3) is 10.9 Å². The Balaban J connectivity index is 1.50. The van der Waals surface area contributed by atoms with Crippen LogP contribution in [0, 0.1) is 0 Å². The molecule has 1 N–H and O–H groups in total. The van der Waals surface area contributed by atoms with E-state index in [9.17, 15) is 4.79 Å². The van der Waals surface area contributed by atoms with E-state index in [-0.39, 0.29) is 5.78 Å². The second-order valence-electron chi connectivity index (χ2n) is 6.74. The number of nitrogens with one attached hydrogen (secondary N) is 1. The third kappa shape index (κ3) is 3.56. The van der Waals surface area contributed by atoms with E-state index in [1.165, 1.54) is 19.1 Å². The van der Waals surface area contributed by atoms with Crippen LogP contribution in [0.5, 0.6) is 5.88 Å². The fourth-order valence-corrected chi connectivity index (χ4v) is 3.66. The Labute approximate surface area is 157 Å². The highest BCUT2D eigenvalue weighted by Crippen LogP contribution is 2.27. The van der Waals surface area contributed by atoms with Gasteiger partial charge >= 0.3 is 0 Å². The van der Waals surface area contributed by atoms with Gasteiger partial charge in [0.05, 0.1) is 18.0 Å². The van der Waals surface area contributed by atoms with Gasteiger partial charge in [-0.15, -0.1) is 0 Å². The molecule has 1 saturated heterocycles. The van der Waals surface area contributed by atoms with Crippen LogP contribution in [-0.2, 0) is 0 Å². The number of benzene rings is 1. The summed E-state index contributed by atoms with van der Waals surface area (Å²) in [4.78, 5) is 19.1. The van der Waals surface area contributed by atoms with Gasteiger partial charge in [0.2, 0.25) is 11.7 Å². The number of nitrogens with zero attached hydrogens (tertiary/aromatic N) is 3. The Morgan fingerprint density at radius 2 is 2.15 bits per heavy atom. The second kappa shape index (κ2) is 7.61. The molecule has 2 aromatic heterocycles. The number of hydrogen-bond acceptors (Lipinski definition) is 5. The standard InChI is InChI=1S/C21H22N4O2/c1-27-21-19-17(9-11-22-21)23-24-20(19)18(26)10-13-25-12-5-8-16(14-25)15-6-3-2-4-7-15/h2-4,6-7,9-11,13,16H,5,8,12,14H2,1H3,(H,23,24)/t16-/m0/s1. The molecule has 1 aromatic carbocycles. The van der Waals surface area contributed by atoms with Crippen molar-refractivity contribution in [2.45, 2.75) is 18.8 Å². The smallest absolute Gasteiger partial charge is 0.225 e. The third-order valence-electron chi connectivity index (χ3n) is 5.03. The first-order valence-electron chi connectivity index (χ1n) is 9.15. The molecule has 0 aliphatic carbocycles. The second-order valence-corrected chi connectivity index (χ2v) is 6.74. The normalized spacial score (nSPS) is 17.5. The van der Waals surface area contributed by atoms with Gasteiger partial charge < -0.3 is 9.64 Å². The van der Waals surface area contributed by atoms with E-state index in [1.54, 1.807) is 18.3 Å². The van der Waals surface area contributed by atoms with Crippen LogP contribution in [0.3, 0.4) is 0 Å². The number of hydrogen-bond donors (Lipinski definition) is 1. The summed E-state index contributed by atoms with van der Waals surface area (Å²) in [5.41, 5.74) is 2.43. The van der Waals surface area contributed by atoms with Crippen molar-refractivity contribution in [3.63, 3.8) is 0 Å². The van der Waals surface area contributed by atoms with Crippen molar-refractivity contribution >= 4 is 16.7 Å². The summed E-state index contributed by atoms with van der Waals surface area (Å²) in [7, 11) is 1.54. The van der Waals surface area contributed by atoms with Gasteiger partial charge in [-0.1, -0.05) is 30.3 Å². The van der Waals surface area contributed by atoms with E-state index in [1.807, 2.05) is 12.3 Å². The number of aromatic amines is 1. The number of likely N-dealkylation sites (tertiary alicyclic amines) is 1. The van der Waals surface area contributed by atoms with Gasteiger partial charge in [-0.05, 0) is 24.5 Å². The van der Waals surface area contributed by atoms with Crippen LogP contribution >= 0.6 is 0 Å². The minimum absolute atomic E-state index is 0.158. The van der Waals surface area contributed by atoms with Gasteiger partial charge in [0, 0.05) is 37.5 Å². The highest BCUT2D eigenvalue weighted by atomic mass is 16.5. The monoisotopic (exact) mass is 362 g/mol. The predicted octanol–water partition coefficient (Wildman–Crippen LogP) is 3.54. The van der Waals surface area contributed by atoms with E-state index < -0.39 is 0 Å². The number of ketones is 1. The first-order chi connectivity index (χ1) is 13.3. The number of methoxy groups -OCH3 is 1. The Morgan fingerprint density at radius 1 is 1.30 bits per heavy atom. The van der Waals surface area contributed by atoms with E-state index in [0.29, 0.717) is 22.9 Å². The number of piperidine rings is 1. The number of carbonyl (C=O) groups excluding carboxylic acids is 1. The quantitative estimate of drug-likeness (QED) is 0.555. The molecule has 0 unspecified atom stereocenters. The first kappa shape index (κ1) is 17.3. The Kier molecular flexibility index (Phi) is 4.87. The molecule has 0 spiro atoms. The lowest BCUT2D eigenvalue weighted by atomic mass is 9.91. The first-order valence-corrected chi connectivity index (χ1v) is 9.15. The molecule has 3 aromatic rings. The lowest BCUT2D eigenvalue weighted by Crippen LogP contribution is -2.30. The zero-order valence-corrected chi connectivity index (χ0v) is 15.3. The summed E-state index contributed by atoms with van der Waals surface area (Å²) < 4.78 is 5.28. The topological polar surface area (TPSA) is 71.1 Å². The van der Waals surface area contributed by atoms with Crippen molar-refractivity contribution in [1.82, 2.24) is 20.1 Å². The number of allylic oxidation sites excluding steroid dienone is 1. The Bertz CT molecular complexity index is 965. The highest BCUT2D eigenvalue weighted by molar-refractivity contribution is 6.12. The van der Waals surface area contributed by atoms with Gasteiger partial charge in [0.25, 0.3) is 0 Å². The lowest BCUT2D eigenvalue weighted by Gasteiger charge is -2.32. The molecular formula is C21H22N4O2. The van der Waals surface area contributed by atoms with Crippen molar-refractivity contribution in [3.8, 4) is 5.88 Å². The maximum Gasteiger partial charge on any atom is 0.225 e. The summed E-state index contributed by atoms with van der Waals surface area (Å²) in [5, 5.41) is 7.66. The molecule has 4 rings (SSSR count). The molecule has 0 saturated carbocycles. The number of pyridine rings is 1. The van der Waals surface area contributed by atoms with Crippen LogP contribution in [0.2, 0.25) is 0 Å². The average molecular weight is 362 g/mol. The van der Waals surface area contributed by atoms with Crippen molar-refractivity contribution in [3.05, 3.63) is 66.1 Å². The van der Waals surface area contributed by atoms with E-state index in [4.69, 9.17) is 4.74 Å². The Hall–Kier alpha value is -3.15. The minimum atomic E-state index is -0.158. The van der Waals surface area contributed by atoms with Gasteiger partial charge in [-0.25, -0.2) is 4.98 Å². The molecule has 1 aliphatic rings. The molecular weight excluding hydrogens is 340 g/mol. The summed E-state index contributed by atoms with van der Waals surface area (Å²) >= 11 is 0. The molecule has 6 nitrogen and oxygen atoms in total. The largest absolute Gasteiger partial charge is 0.480 e. The summed E-state index contributed by atoms with van der Waals surface area (Å²) in [6, 6.07) is 12.3. The summed E-state index contributed by atoms with van der Waals surface area (Å²) in [6.07, 6.45) is 7.40. The van der Waals surface area contributed by atoms with E-state index in [0.717, 1.165) is 25.0 Å². The number of H-pyrrole nitrogens is 1. The number of rotatable bonds is 5. The third-order valence-corrected chi connectivity index (χ3v) is 5.03. The molecule has 6 heteroatoms. The molecule has 0 radical (unpaired) electrons. The molecule has 1 aliphatic heterocycles. The maximum absolute atomic E-state index is 12.7. The molecule has 1 atom stereocenters. The number of fused-ring (bicyclic) bond motifs is 1. The minimum Gasteiger partial charge on any atom is -0.480 e. The fraction of sp³-hybridized carbons (Fsp3) is 0.286. The summed E-state index contributed by atoms with van der Waals surface area (Å²) in [5.74, 6) is 0.740. The van der Waals surface area contributed by atoms with E-state index in [2.05, 4.69) is 44.3 Å². The molecule has 1 fully saturated rings. The molecule has 3 heterocycles. The SMILES string of the molecule is COc1nccc2[nH]nc(C(=O)C=CN3CCC[C@H](c4ccccc4)C3)c12. The fourth-order valence-electron chi connectivity index (χ4n) is 3.66. The van der Waals surface area contributed by atoms with Gasteiger partial charge in [0.15, 0.2) is 0 Å². The average Bonchev–Trinajstić information content (AvgIpc) is 3.17. The van der Waals surface area contributed by atoms with Crippen LogP contribution in [0.1, 0.15) is 34.8 Å². The van der Waals surface area contributed by atoms with Gasteiger partial charge in [-0.2, -0.15) is 5.10 Å². The van der Waals surface area contributed by atoms with Crippen LogP contribution in [-0.4, -0.2) is 46.1 Å². The Morgan fingerprint density at radius 3 is 2.96 bits per heavy atom. The number of aromatic nitrogens is 3. The van der Waals surface area contributed by atoms with E-state index >= 15 is 0 Å². The number of carbonyl (C=O) groups is 1. The van der Waals surface area contributed by atoms with Crippen LogP contribution < -0.4 is 4.74 Å². The van der Waals surface area contributed by atoms with Crippen molar-refractivity contribution in [2.75, 3.05) is 20.2 Å². The maximum atomic E-state index is 12.7. The zero-order valence-electron chi connectivity index (χ0n) is 15.3. The van der Waals surface area contributed by atoms with Crippen molar-refractivity contribution < 1.29 is 9.53 Å². The van der Waals surface area contributed by atoms with Gasteiger partial charge in [-0.3, -0.25) is 9.89 Å². The lowest BCUT2D eigenvalue weighted by molar-refractivity contribution is 0.104. The zero-order chi connectivity index (χ0) is 18.6. The molecule has 0 amide bonds. The number of ether oxygens (including phenoxy) is 1. The van der Waals surface area contributed by atoms with Crippen molar-refractivity contribution in [1.29, 1.82) is 0 Å². The summed E-state index contributed by atoms with van der Waals surface area (Å²) in [6.45, 7) is 1.87. The van der Waals surface area contributed by atoms with Crippen LogP contribution in [0.15, 0.2) is 54.9 Å². The van der Waals surface area contributed by atoms with Crippen molar-refractivity contribution in [2.24, 2.45) is 0 Å². The molecule has 138 valence electrons. The van der Waals surface area contributed by atoms with Crippen LogP contribution in [0.4, 0.5) is 0 Å². The predicted molar refractivity (Wildman–Crippen MR) is 104 cm³/mol. The highest BCUT2D eigenvalue weighted by Gasteiger charge is 2.20. The van der Waals surface area contributed by atoms with Gasteiger partial charge in [0.1, 0.15) is 5.69 Å². The molecule has 0 bridgehead atoms. The molecule has 27 heavy (non-hydrogen) atoms.